The number of anilines is 1. The Morgan fingerprint density at radius 2 is 1.58 bits per heavy atom. The number of nitrogens with one attached hydrogen (secondary N) is 1. The van der Waals surface area contributed by atoms with E-state index in [1.165, 1.54) is 0 Å². The minimum Gasteiger partial charge on any atom is -0.380 e. The highest BCUT2D eigenvalue weighted by Gasteiger charge is 2.19. The number of hydrogen-bond donors (Lipinski definition) is 1. The molecule has 4 heteroatoms. The van der Waals surface area contributed by atoms with Gasteiger partial charge in [0.15, 0.2) is 9.84 Å². The summed E-state index contributed by atoms with van der Waals surface area (Å²) in [6.45, 7) is 8.35. The van der Waals surface area contributed by atoms with Gasteiger partial charge in [-0.3, -0.25) is 0 Å². The van der Waals surface area contributed by atoms with Crippen molar-refractivity contribution in [1.29, 1.82) is 0 Å². The van der Waals surface area contributed by atoms with Crippen molar-refractivity contribution in [2.24, 2.45) is 0 Å². The molecule has 108 valence electrons. The van der Waals surface area contributed by atoms with Crippen molar-refractivity contribution in [2.45, 2.75) is 57.4 Å². The van der Waals surface area contributed by atoms with Gasteiger partial charge in [-0.15, -0.1) is 0 Å². The van der Waals surface area contributed by atoms with Crippen LogP contribution in [0.4, 0.5) is 5.69 Å². The molecule has 0 heterocycles. The Balaban J connectivity index is 2.89. The molecule has 0 radical (unpaired) electrons. The molecule has 0 amide bonds. The van der Waals surface area contributed by atoms with Crippen molar-refractivity contribution in [3.8, 4) is 0 Å². The number of rotatable bonds is 7. The Labute approximate surface area is 117 Å². The lowest BCUT2D eigenvalue weighted by molar-refractivity contribution is 0.478. The Hall–Kier alpha value is -1.03. The van der Waals surface area contributed by atoms with Gasteiger partial charge < -0.3 is 5.32 Å². The molecule has 0 bridgehead atoms. The maximum atomic E-state index is 11.9. The highest BCUT2D eigenvalue weighted by Crippen LogP contribution is 2.23. The molecule has 0 saturated carbocycles. The first-order chi connectivity index (χ1) is 8.87. The van der Waals surface area contributed by atoms with Crippen molar-refractivity contribution < 1.29 is 8.42 Å². The van der Waals surface area contributed by atoms with Crippen LogP contribution in [-0.4, -0.2) is 19.7 Å². The third kappa shape index (κ3) is 4.23. The SMILES string of the molecule is CCCS(=O)(=O)c1ccc(NC(C)(CC)CC)cc1. The fourth-order valence-electron chi connectivity index (χ4n) is 1.91. The Morgan fingerprint density at radius 1 is 1.05 bits per heavy atom. The molecule has 1 N–H and O–H groups in total. The van der Waals surface area contributed by atoms with Gasteiger partial charge in [-0.1, -0.05) is 20.8 Å². The van der Waals surface area contributed by atoms with Gasteiger partial charge in [0.25, 0.3) is 0 Å². The minimum atomic E-state index is -3.11. The fraction of sp³-hybridized carbons (Fsp3) is 0.600. The van der Waals surface area contributed by atoms with E-state index in [1.54, 1.807) is 12.1 Å². The molecule has 1 rings (SSSR count). The van der Waals surface area contributed by atoms with Gasteiger partial charge in [0.1, 0.15) is 0 Å². The van der Waals surface area contributed by atoms with Crippen LogP contribution in [-0.2, 0) is 9.84 Å². The highest BCUT2D eigenvalue weighted by molar-refractivity contribution is 7.91. The van der Waals surface area contributed by atoms with E-state index in [-0.39, 0.29) is 11.3 Å². The fourth-order valence-corrected chi connectivity index (χ4v) is 3.23. The Kier molecular flexibility index (Phi) is 5.41. The molecular formula is C15H25NO2S. The standard InChI is InChI=1S/C15H25NO2S/c1-5-12-19(17,18)14-10-8-13(9-11-14)16-15(4,6-2)7-3/h8-11,16H,5-7,12H2,1-4H3. The van der Waals surface area contributed by atoms with Crippen molar-refractivity contribution in [1.82, 2.24) is 0 Å². The van der Waals surface area contributed by atoms with Gasteiger partial charge in [0, 0.05) is 11.2 Å². The normalized spacial score (nSPS) is 12.4. The molecule has 19 heavy (non-hydrogen) atoms. The largest absolute Gasteiger partial charge is 0.380 e. The summed E-state index contributed by atoms with van der Waals surface area (Å²) in [7, 11) is -3.11. The third-order valence-electron chi connectivity index (χ3n) is 3.69. The second-order valence-electron chi connectivity index (χ2n) is 5.24. The summed E-state index contributed by atoms with van der Waals surface area (Å²) < 4.78 is 23.8. The van der Waals surface area contributed by atoms with Gasteiger partial charge >= 0.3 is 0 Å². The number of hydrogen-bond acceptors (Lipinski definition) is 3. The van der Waals surface area contributed by atoms with E-state index in [0.29, 0.717) is 11.3 Å². The first-order valence-corrected chi connectivity index (χ1v) is 8.63. The molecule has 1 aromatic rings. The van der Waals surface area contributed by atoms with Gasteiger partial charge in [0.2, 0.25) is 0 Å². The van der Waals surface area contributed by atoms with Gasteiger partial charge in [0.05, 0.1) is 10.6 Å². The van der Waals surface area contributed by atoms with Crippen molar-refractivity contribution in [3.63, 3.8) is 0 Å². The minimum absolute atomic E-state index is 0.0593. The predicted molar refractivity (Wildman–Crippen MR) is 81.4 cm³/mol. The summed E-state index contributed by atoms with van der Waals surface area (Å²) in [5.41, 5.74) is 1.03. The average molecular weight is 283 g/mol. The smallest absolute Gasteiger partial charge is 0.178 e. The van der Waals surface area contributed by atoms with E-state index in [9.17, 15) is 8.42 Å². The Bertz CT molecular complexity index is 487. The molecule has 0 unspecified atom stereocenters. The second-order valence-corrected chi connectivity index (χ2v) is 7.35. The van der Waals surface area contributed by atoms with E-state index < -0.39 is 9.84 Å². The van der Waals surface area contributed by atoms with Crippen LogP contribution in [0, 0.1) is 0 Å². The first-order valence-electron chi connectivity index (χ1n) is 6.98. The average Bonchev–Trinajstić information content (AvgIpc) is 2.39. The summed E-state index contributed by atoms with van der Waals surface area (Å²) in [5.74, 6) is 0.210. The molecule has 0 aromatic heterocycles. The molecule has 1 aromatic carbocycles. The highest BCUT2D eigenvalue weighted by atomic mass is 32.2. The lowest BCUT2D eigenvalue weighted by Gasteiger charge is -2.29. The Morgan fingerprint density at radius 3 is 2.00 bits per heavy atom. The summed E-state index contributed by atoms with van der Waals surface area (Å²) >= 11 is 0. The van der Waals surface area contributed by atoms with Crippen molar-refractivity contribution in [2.75, 3.05) is 11.1 Å². The molecule has 0 fully saturated rings. The van der Waals surface area contributed by atoms with Crippen LogP contribution in [0.3, 0.4) is 0 Å². The maximum Gasteiger partial charge on any atom is 0.178 e. The molecule has 3 nitrogen and oxygen atoms in total. The summed E-state index contributed by atoms with van der Waals surface area (Å²) in [6, 6.07) is 7.09. The van der Waals surface area contributed by atoms with Crippen molar-refractivity contribution in [3.05, 3.63) is 24.3 Å². The van der Waals surface area contributed by atoms with E-state index in [0.717, 1.165) is 18.5 Å². The molecule has 0 aliphatic carbocycles. The van der Waals surface area contributed by atoms with Crippen LogP contribution in [0.5, 0.6) is 0 Å². The van der Waals surface area contributed by atoms with Gasteiger partial charge in [-0.2, -0.15) is 0 Å². The monoisotopic (exact) mass is 283 g/mol. The van der Waals surface area contributed by atoms with E-state index in [4.69, 9.17) is 0 Å². The number of sulfone groups is 1. The third-order valence-corrected chi connectivity index (χ3v) is 5.63. The van der Waals surface area contributed by atoms with Crippen molar-refractivity contribution >= 4 is 15.5 Å². The van der Waals surface area contributed by atoms with Crippen LogP contribution in [0.1, 0.15) is 47.0 Å². The van der Waals surface area contributed by atoms with Crippen LogP contribution in [0.2, 0.25) is 0 Å². The predicted octanol–water partition coefficient (Wildman–Crippen LogP) is 3.86. The van der Waals surface area contributed by atoms with Crippen LogP contribution >= 0.6 is 0 Å². The molecule has 0 saturated heterocycles. The molecule has 0 spiro atoms. The van der Waals surface area contributed by atoms with Crippen LogP contribution < -0.4 is 5.32 Å². The van der Waals surface area contributed by atoms with E-state index >= 15 is 0 Å². The molecule has 0 aliphatic heterocycles. The zero-order valence-electron chi connectivity index (χ0n) is 12.4. The lowest BCUT2D eigenvalue weighted by Crippen LogP contribution is -2.32. The second kappa shape index (κ2) is 6.42. The lowest BCUT2D eigenvalue weighted by atomic mass is 9.95. The topological polar surface area (TPSA) is 46.2 Å². The van der Waals surface area contributed by atoms with Crippen LogP contribution in [0.25, 0.3) is 0 Å². The molecule has 0 aliphatic rings. The van der Waals surface area contributed by atoms with E-state index in [1.807, 2.05) is 19.1 Å². The summed E-state index contributed by atoms with van der Waals surface area (Å²) in [4.78, 5) is 0.412. The van der Waals surface area contributed by atoms with Gasteiger partial charge in [-0.25, -0.2) is 8.42 Å². The maximum absolute atomic E-state index is 11.9. The summed E-state index contributed by atoms with van der Waals surface area (Å²) in [6.07, 6.45) is 2.70. The summed E-state index contributed by atoms with van der Waals surface area (Å²) in [5, 5.41) is 3.47. The number of benzene rings is 1. The first kappa shape index (κ1) is 16.0. The zero-order valence-corrected chi connectivity index (χ0v) is 13.2. The molecule has 0 atom stereocenters. The van der Waals surface area contributed by atoms with Crippen LogP contribution in [0.15, 0.2) is 29.2 Å². The quantitative estimate of drug-likeness (QED) is 0.826. The van der Waals surface area contributed by atoms with Gasteiger partial charge in [-0.05, 0) is 50.5 Å². The molecular weight excluding hydrogens is 258 g/mol. The zero-order chi connectivity index (χ0) is 14.5. The van der Waals surface area contributed by atoms with E-state index in [2.05, 4.69) is 26.1 Å².